The topological polar surface area (TPSA) is 52.0 Å². The molecule has 0 radical (unpaired) electrons. The van der Waals surface area contributed by atoms with Crippen molar-refractivity contribution in [2.45, 2.75) is 51.6 Å². The number of anilines is 2. The van der Waals surface area contributed by atoms with Crippen LogP contribution in [-0.4, -0.2) is 21.1 Å². The lowest BCUT2D eigenvalue weighted by Crippen LogP contribution is -2.10. The second kappa shape index (κ2) is 10.5. The van der Waals surface area contributed by atoms with Crippen molar-refractivity contribution < 1.29 is 17.9 Å². The number of alkyl halides is 3. The van der Waals surface area contributed by atoms with Crippen LogP contribution in [0.3, 0.4) is 0 Å². The maximum Gasteiger partial charge on any atom is 0.420 e. The van der Waals surface area contributed by atoms with Gasteiger partial charge in [-0.25, -0.2) is 9.97 Å². The van der Waals surface area contributed by atoms with Crippen molar-refractivity contribution >= 4 is 22.2 Å². The number of thiazole rings is 1. The van der Waals surface area contributed by atoms with Crippen molar-refractivity contribution in [3.8, 4) is 11.6 Å². The molecule has 9 heteroatoms. The Kier molecular flexibility index (Phi) is 7.73. The Hall–Kier alpha value is -2.55. The highest BCUT2D eigenvalue weighted by atomic mass is 32.1. The summed E-state index contributed by atoms with van der Waals surface area (Å²) in [7, 11) is 0. The van der Waals surface area contributed by atoms with Crippen LogP contribution in [0.15, 0.2) is 42.3 Å². The van der Waals surface area contributed by atoms with Crippen LogP contribution in [0, 0.1) is 0 Å². The molecule has 0 amide bonds. The number of rotatable bonds is 11. The van der Waals surface area contributed by atoms with E-state index in [-0.39, 0.29) is 12.4 Å². The lowest BCUT2D eigenvalue weighted by atomic mass is 10.1. The number of nitrogens with one attached hydrogen (secondary N) is 1. The van der Waals surface area contributed by atoms with Crippen LogP contribution < -0.4 is 10.1 Å². The molecule has 0 atom stereocenters. The van der Waals surface area contributed by atoms with Gasteiger partial charge in [0.1, 0.15) is 12.1 Å². The first-order valence-corrected chi connectivity index (χ1v) is 10.9. The van der Waals surface area contributed by atoms with E-state index in [0.29, 0.717) is 16.6 Å². The van der Waals surface area contributed by atoms with Crippen molar-refractivity contribution in [2.24, 2.45) is 0 Å². The normalized spacial score (nSPS) is 11.6. The molecule has 0 spiro atoms. The van der Waals surface area contributed by atoms with Gasteiger partial charge in [-0.15, -0.1) is 11.3 Å². The molecule has 2 aromatic heterocycles. The first-order chi connectivity index (χ1) is 14.5. The van der Waals surface area contributed by atoms with E-state index in [1.807, 2.05) is 0 Å². The fraction of sp³-hybridized carbons (Fsp3) is 0.429. The molecule has 0 saturated carbocycles. The van der Waals surface area contributed by atoms with Gasteiger partial charge in [0.2, 0.25) is 0 Å². The Morgan fingerprint density at radius 3 is 2.67 bits per heavy atom. The SMILES string of the molecule is CCCCCCCCOc1ccc(Nc2nc(-n3ccnc3)cs2)cc1C(F)(F)F. The van der Waals surface area contributed by atoms with E-state index in [2.05, 4.69) is 22.2 Å². The zero-order chi connectivity index (χ0) is 21.4. The molecule has 0 fully saturated rings. The highest BCUT2D eigenvalue weighted by Gasteiger charge is 2.34. The Bertz CT molecular complexity index is 909. The summed E-state index contributed by atoms with van der Waals surface area (Å²) >= 11 is 1.30. The first-order valence-electron chi connectivity index (χ1n) is 10.0. The fourth-order valence-corrected chi connectivity index (χ4v) is 3.69. The maximum absolute atomic E-state index is 13.5. The summed E-state index contributed by atoms with van der Waals surface area (Å²) in [4.78, 5) is 8.33. The Labute approximate surface area is 177 Å². The van der Waals surface area contributed by atoms with Crippen LogP contribution >= 0.6 is 11.3 Å². The van der Waals surface area contributed by atoms with Gasteiger partial charge in [0.15, 0.2) is 10.9 Å². The van der Waals surface area contributed by atoms with Crippen molar-refractivity contribution in [3.05, 3.63) is 47.9 Å². The number of hydrogen-bond acceptors (Lipinski definition) is 5. The summed E-state index contributed by atoms with van der Waals surface area (Å²) in [6.45, 7) is 2.43. The third-order valence-corrected chi connectivity index (χ3v) is 5.30. The second-order valence-electron chi connectivity index (χ2n) is 6.93. The van der Waals surface area contributed by atoms with E-state index in [1.165, 1.54) is 23.8 Å². The van der Waals surface area contributed by atoms with Crippen molar-refractivity contribution in [1.82, 2.24) is 14.5 Å². The highest BCUT2D eigenvalue weighted by Crippen LogP contribution is 2.38. The maximum atomic E-state index is 13.5. The van der Waals surface area contributed by atoms with Crippen LogP contribution in [0.5, 0.6) is 5.75 Å². The number of nitrogens with zero attached hydrogens (tertiary/aromatic N) is 3. The van der Waals surface area contributed by atoms with Crippen LogP contribution in [0.4, 0.5) is 24.0 Å². The van der Waals surface area contributed by atoms with E-state index in [4.69, 9.17) is 4.74 Å². The van der Waals surface area contributed by atoms with Gasteiger partial charge < -0.3 is 10.1 Å². The van der Waals surface area contributed by atoms with Gasteiger partial charge in [-0.2, -0.15) is 13.2 Å². The highest BCUT2D eigenvalue weighted by molar-refractivity contribution is 7.14. The average molecular weight is 439 g/mol. The minimum Gasteiger partial charge on any atom is -0.493 e. The van der Waals surface area contributed by atoms with E-state index < -0.39 is 11.7 Å². The molecule has 0 bridgehead atoms. The molecule has 0 saturated heterocycles. The monoisotopic (exact) mass is 438 g/mol. The Morgan fingerprint density at radius 2 is 1.93 bits per heavy atom. The number of benzene rings is 1. The number of imidazole rings is 1. The molecule has 1 N–H and O–H groups in total. The summed E-state index contributed by atoms with van der Waals surface area (Å²) in [5.41, 5.74) is -0.481. The molecule has 5 nitrogen and oxygen atoms in total. The van der Waals surface area contributed by atoms with Crippen molar-refractivity contribution in [2.75, 3.05) is 11.9 Å². The van der Waals surface area contributed by atoms with Gasteiger partial charge in [-0.1, -0.05) is 39.0 Å². The predicted molar refractivity (Wildman–Crippen MR) is 113 cm³/mol. The van der Waals surface area contributed by atoms with Gasteiger partial charge in [0.05, 0.1) is 12.2 Å². The molecule has 0 aliphatic rings. The largest absolute Gasteiger partial charge is 0.493 e. The average Bonchev–Trinajstić information content (AvgIpc) is 3.39. The summed E-state index contributed by atoms with van der Waals surface area (Å²) in [6.07, 6.45) is 6.79. The number of hydrogen-bond donors (Lipinski definition) is 1. The second-order valence-corrected chi connectivity index (χ2v) is 7.79. The standard InChI is InChI=1S/C21H25F3N4OS/c1-2-3-4-5-6-7-12-29-18-9-8-16(13-17(18)21(22,23)24)26-20-27-19(14-30-20)28-11-10-25-15-28/h8-11,13-15H,2-7,12H2,1H3,(H,26,27). The predicted octanol–water partition coefficient (Wildman–Crippen LogP) is 6.83. The quantitative estimate of drug-likeness (QED) is 0.333. The molecule has 3 rings (SSSR count). The van der Waals surface area contributed by atoms with Crippen LogP contribution in [-0.2, 0) is 6.18 Å². The number of aromatic nitrogens is 3. The molecule has 0 aliphatic heterocycles. The number of unbranched alkanes of at least 4 members (excludes halogenated alkanes) is 5. The smallest absolute Gasteiger partial charge is 0.420 e. The summed E-state index contributed by atoms with van der Waals surface area (Å²) in [5, 5.41) is 5.23. The van der Waals surface area contributed by atoms with Crippen LogP contribution in [0.25, 0.3) is 5.82 Å². The van der Waals surface area contributed by atoms with Gasteiger partial charge in [0.25, 0.3) is 0 Å². The lowest BCUT2D eigenvalue weighted by Gasteiger charge is -2.15. The number of ether oxygens (including phenoxy) is 1. The Morgan fingerprint density at radius 1 is 1.13 bits per heavy atom. The van der Waals surface area contributed by atoms with Gasteiger partial charge in [-0.3, -0.25) is 4.57 Å². The van der Waals surface area contributed by atoms with E-state index in [0.717, 1.165) is 38.2 Å². The van der Waals surface area contributed by atoms with Crippen LogP contribution in [0.1, 0.15) is 51.0 Å². The van der Waals surface area contributed by atoms with E-state index >= 15 is 0 Å². The molecular formula is C21H25F3N4OS. The third kappa shape index (κ3) is 6.22. The molecule has 3 aromatic rings. The molecule has 1 aromatic carbocycles. The third-order valence-electron chi connectivity index (χ3n) is 4.55. The molecule has 0 aliphatic carbocycles. The van der Waals surface area contributed by atoms with Gasteiger partial charge in [-0.05, 0) is 24.6 Å². The minimum absolute atomic E-state index is 0.139. The summed E-state index contributed by atoms with van der Waals surface area (Å²) < 4.78 is 47.8. The zero-order valence-electron chi connectivity index (χ0n) is 16.8. The first kappa shape index (κ1) is 22.1. The van der Waals surface area contributed by atoms with E-state index in [1.54, 1.807) is 34.7 Å². The van der Waals surface area contributed by atoms with Gasteiger partial charge >= 0.3 is 6.18 Å². The summed E-state index contributed by atoms with van der Waals surface area (Å²) in [5.74, 6) is 0.509. The molecule has 0 unspecified atom stereocenters. The molecule has 2 heterocycles. The summed E-state index contributed by atoms with van der Waals surface area (Å²) in [6, 6.07) is 4.01. The van der Waals surface area contributed by atoms with Crippen molar-refractivity contribution in [1.29, 1.82) is 0 Å². The zero-order valence-corrected chi connectivity index (χ0v) is 17.6. The Balaban J connectivity index is 1.63. The van der Waals surface area contributed by atoms with Crippen LogP contribution in [0.2, 0.25) is 0 Å². The molecule has 30 heavy (non-hydrogen) atoms. The molecular weight excluding hydrogens is 413 g/mol. The lowest BCUT2D eigenvalue weighted by molar-refractivity contribution is -0.138. The van der Waals surface area contributed by atoms with E-state index in [9.17, 15) is 13.2 Å². The fourth-order valence-electron chi connectivity index (χ4n) is 2.98. The van der Waals surface area contributed by atoms with Gasteiger partial charge in [0, 0.05) is 23.5 Å². The molecule has 162 valence electrons. The minimum atomic E-state index is -4.50. The number of halogens is 3. The van der Waals surface area contributed by atoms with Crippen molar-refractivity contribution in [3.63, 3.8) is 0 Å².